The molecule has 9 heteroatoms. The molecule has 1 atom stereocenters. The fourth-order valence-electron chi connectivity index (χ4n) is 4.57. The highest BCUT2D eigenvalue weighted by atomic mass is 35.5. The van der Waals surface area contributed by atoms with E-state index in [2.05, 4.69) is 10.3 Å². The van der Waals surface area contributed by atoms with Crippen LogP contribution in [-0.2, 0) is 4.79 Å². The summed E-state index contributed by atoms with van der Waals surface area (Å²) in [7, 11) is 0. The molecule has 2 heterocycles. The SMILES string of the molecule is CC(=O)Nc1ccc2[nH]c(C(=O)N3CC(CCl)c4c3cc([N+](=O)[O-])c3ccccc43)cc2c1. The second-order valence-electron chi connectivity index (χ2n) is 8.06. The van der Waals surface area contributed by atoms with Crippen LogP contribution in [0.1, 0.15) is 28.9 Å². The van der Waals surface area contributed by atoms with Crippen molar-refractivity contribution in [1.29, 1.82) is 0 Å². The molecule has 0 fully saturated rings. The van der Waals surface area contributed by atoms with Gasteiger partial charge in [-0.15, -0.1) is 11.6 Å². The molecule has 0 bridgehead atoms. The zero-order chi connectivity index (χ0) is 23.3. The number of rotatable bonds is 4. The minimum absolute atomic E-state index is 0.0473. The van der Waals surface area contributed by atoms with E-state index in [0.29, 0.717) is 29.0 Å². The van der Waals surface area contributed by atoms with Gasteiger partial charge in [0, 0.05) is 47.9 Å². The number of nitrogens with one attached hydrogen (secondary N) is 2. The largest absolute Gasteiger partial charge is 0.351 e. The first kappa shape index (κ1) is 21.0. The third kappa shape index (κ3) is 3.48. The number of non-ortho nitro benzene ring substituents is 1. The van der Waals surface area contributed by atoms with Crippen molar-refractivity contribution in [3.8, 4) is 0 Å². The first-order chi connectivity index (χ1) is 15.9. The lowest BCUT2D eigenvalue weighted by molar-refractivity contribution is -0.383. The number of carbonyl (C=O) groups excluding carboxylic acids is 2. The predicted molar refractivity (Wildman–Crippen MR) is 128 cm³/mol. The topological polar surface area (TPSA) is 108 Å². The maximum Gasteiger partial charge on any atom is 0.279 e. The lowest BCUT2D eigenvalue weighted by Crippen LogP contribution is -2.30. The molecule has 0 saturated heterocycles. The van der Waals surface area contributed by atoms with Crippen molar-refractivity contribution < 1.29 is 14.5 Å². The van der Waals surface area contributed by atoms with Crippen molar-refractivity contribution in [2.75, 3.05) is 22.6 Å². The van der Waals surface area contributed by atoms with E-state index in [-0.39, 0.29) is 29.3 Å². The summed E-state index contributed by atoms with van der Waals surface area (Å²) in [5.74, 6) is -0.348. The molecule has 2 amide bonds. The summed E-state index contributed by atoms with van der Waals surface area (Å²) in [4.78, 5) is 40.9. The maximum atomic E-state index is 13.5. The van der Waals surface area contributed by atoms with Gasteiger partial charge in [-0.2, -0.15) is 0 Å². The van der Waals surface area contributed by atoms with E-state index in [9.17, 15) is 19.7 Å². The van der Waals surface area contributed by atoms with Crippen LogP contribution in [0.2, 0.25) is 0 Å². The van der Waals surface area contributed by atoms with Crippen LogP contribution in [0.15, 0.2) is 54.6 Å². The van der Waals surface area contributed by atoms with Crippen LogP contribution in [0.25, 0.3) is 21.7 Å². The summed E-state index contributed by atoms with van der Waals surface area (Å²) in [6.45, 7) is 1.76. The fraction of sp³-hybridized carbons (Fsp3) is 0.167. The van der Waals surface area contributed by atoms with Gasteiger partial charge in [-0.25, -0.2) is 0 Å². The number of alkyl halides is 1. The monoisotopic (exact) mass is 462 g/mol. The minimum Gasteiger partial charge on any atom is -0.351 e. The van der Waals surface area contributed by atoms with Crippen molar-refractivity contribution in [3.63, 3.8) is 0 Å². The Bertz CT molecular complexity index is 1460. The average molecular weight is 463 g/mol. The van der Waals surface area contributed by atoms with E-state index in [1.54, 1.807) is 41.3 Å². The number of H-pyrrole nitrogens is 1. The van der Waals surface area contributed by atoms with Gasteiger partial charge in [-0.1, -0.05) is 18.2 Å². The van der Waals surface area contributed by atoms with E-state index in [0.717, 1.165) is 21.9 Å². The summed E-state index contributed by atoms with van der Waals surface area (Å²) in [6, 6.07) is 15.6. The number of fused-ring (bicyclic) bond motifs is 4. The molecule has 0 saturated carbocycles. The molecule has 4 aromatic rings. The van der Waals surface area contributed by atoms with E-state index in [1.165, 1.54) is 13.0 Å². The number of halogens is 1. The van der Waals surface area contributed by atoms with Gasteiger partial charge in [0.05, 0.1) is 16.0 Å². The first-order valence-corrected chi connectivity index (χ1v) is 10.9. The number of nitro benzene ring substituents is 1. The number of nitrogens with zero attached hydrogens (tertiary/aromatic N) is 2. The molecule has 1 unspecified atom stereocenters. The number of nitro groups is 1. The van der Waals surface area contributed by atoms with E-state index in [4.69, 9.17) is 11.6 Å². The number of hydrogen-bond donors (Lipinski definition) is 2. The number of aromatic amines is 1. The van der Waals surface area contributed by atoms with Crippen molar-refractivity contribution in [2.45, 2.75) is 12.8 Å². The molecule has 3 aromatic carbocycles. The van der Waals surface area contributed by atoms with Gasteiger partial charge in [0.2, 0.25) is 5.91 Å². The average Bonchev–Trinajstić information content (AvgIpc) is 3.38. The smallest absolute Gasteiger partial charge is 0.279 e. The third-order valence-electron chi connectivity index (χ3n) is 5.94. The predicted octanol–water partition coefficient (Wildman–Crippen LogP) is 5.17. The van der Waals surface area contributed by atoms with E-state index in [1.807, 2.05) is 12.1 Å². The normalized spacial score (nSPS) is 15.1. The first-order valence-electron chi connectivity index (χ1n) is 10.4. The van der Waals surface area contributed by atoms with Gasteiger partial charge in [-0.3, -0.25) is 19.7 Å². The van der Waals surface area contributed by atoms with Crippen LogP contribution >= 0.6 is 11.6 Å². The molecule has 0 spiro atoms. The molecule has 166 valence electrons. The van der Waals surface area contributed by atoms with Gasteiger partial charge >= 0.3 is 0 Å². The summed E-state index contributed by atoms with van der Waals surface area (Å²) >= 11 is 6.26. The summed E-state index contributed by atoms with van der Waals surface area (Å²) in [6.07, 6.45) is 0. The molecule has 8 nitrogen and oxygen atoms in total. The Morgan fingerprint density at radius 2 is 1.94 bits per heavy atom. The highest BCUT2D eigenvalue weighted by molar-refractivity contribution is 6.19. The van der Waals surface area contributed by atoms with Gasteiger partial charge < -0.3 is 15.2 Å². The number of anilines is 2. The Labute approximate surface area is 193 Å². The zero-order valence-electron chi connectivity index (χ0n) is 17.6. The highest BCUT2D eigenvalue weighted by Gasteiger charge is 2.36. The minimum atomic E-state index is -0.425. The molecule has 2 N–H and O–H groups in total. The second kappa shape index (κ2) is 7.90. The third-order valence-corrected chi connectivity index (χ3v) is 6.32. The van der Waals surface area contributed by atoms with Crippen LogP contribution in [0.5, 0.6) is 0 Å². The lowest BCUT2D eigenvalue weighted by Gasteiger charge is -2.17. The number of aromatic nitrogens is 1. The molecule has 1 aromatic heterocycles. The maximum absolute atomic E-state index is 13.5. The molecule has 33 heavy (non-hydrogen) atoms. The van der Waals surface area contributed by atoms with Crippen molar-refractivity contribution in [1.82, 2.24) is 4.98 Å². The van der Waals surface area contributed by atoms with Crippen molar-refractivity contribution in [3.05, 3.63) is 76.0 Å². The highest BCUT2D eigenvalue weighted by Crippen LogP contribution is 2.45. The Morgan fingerprint density at radius 3 is 2.64 bits per heavy atom. The molecule has 0 radical (unpaired) electrons. The Morgan fingerprint density at radius 1 is 1.18 bits per heavy atom. The summed E-state index contributed by atoms with van der Waals surface area (Å²) < 4.78 is 0. The Kier molecular flexibility index (Phi) is 5.02. The molecule has 1 aliphatic heterocycles. The number of benzene rings is 3. The second-order valence-corrected chi connectivity index (χ2v) is 8.37. The van der Waals surface area contributed by atoms with Crippen LogP contribution in [0, 0.1) is 10.1 Å². The van der Waals surface area contributed by atoms with Crippen molar-refractivity contribution in [2.24, 2.45) is 0 Å². The van der Waals surface area contributed by atoms with Crippen LogP contribution < -0.4 is 10.2 Å². The van der Waals surface area contributed by atoms with Gasteiger partial charge in [0.25, 0.3) is 11.6 Å². The molecular formula is C24H19ClN4O4. The zero-order valence-corrected chi connectivity index (χ0v) is 18.3. The Hall–Kier alpha value is -3.91. The number of hydrogen-bond acceptors (Lipinski definition) is 4. The van der Waals surface area contributed by atoms with Gasteiger partial charge in [-0.05, 0) is 41.3 Å². The van der Waals surface area contributed by atoms with E-state index >= 15 is 0 Å². The van der Waals surface area contributed by atoms with Crippen molar-refractivity contribution >= 4 is 62.2 Å². The Balaban J connectivity index is 1.61. The number of amides is 2. The van der Waals surface area contributed by atoms with Gasteiger partial charge in [0.15, 0.2) is 0 Å². The van der Waals surface area contributed by atoms with Crippen LogP contribution in [0.3, 0.4) is 0 Å². The van der Waals surface area contributed by atoms with Gasteiger partial charge in [0.1, 0.15) is 5.69 Å². The summed E-state index contributed by atoms with van der Waals surface area (Å²) in [5.41, 5.74) is 3.03. The van der Waals surface area contributed by atoms with Crippen LogP contribution in [-0.4, -0.2) is 34.1 Å². The van der Waals surface area contributed by atoms with E-state index < -0.39 is 4.92 Å². The van der Waals surface area contributed by atoms with Crippen LogP contribution in [0.4, 0.5) is 17.1 Å². The number of carbonyl (C=O) groups is 2. The molecule has 5 rings (SSSR count). The molecule has 0 aliphatic carbocycles. The lowest BCUT2D eigenvalue weighted by atomic mass is 9.95. The standard InChI is InChI=1S/C24H19ClN4O4/c1-13(30)26-16-6-7-19-14(8-16)9-20(27-19)24(31)28-12-15(11-25)23-18-5-3-2-4-17(18)21(29(32)33)10-22(23)28/h2-10,15,27H,11-12H2,1H3,(H,26,30). The molecule has 1 aliphatic rings. The molecular weight excluding hydrogens is 444 g/mol. The fourth-order valence-corrected chi connectivity index (χ4v) is 4.82. The quantitative estimate of drug-likeness (QED) is 0.248. The summed E-state index contributed by atoms with van der Waals surface area (Å²) in [5, 5.41) is 16.5.